The number of hydrogen-bond acceptors (Lipinski definition) is 5. The number of benzene rings is 1. The third-order valence-corrected chi connectivity index (χ3v) is 2.89. The van der Waals surface area contributed by atoms with Gasteiger partial charge in [-0.1, -0.05) is 6.07 Å². The molecule has 0 atom stereocenters. The molecule has 1 heterocycles. The Labute approximate surface area is 132 Å². The Bertz CT molecular complexity index is 701. The van der Waals surface area contributed by atoms with Gasteiger partial charge in [-0.3, -0.25) is 20.5 Å². The maximum atomic E-state index is 10.6. The minimum Gasteiger partial charge on any atom is -0.331 e. The third-order valence-electron chi connectivity index (χ3n) is 2.70. The van der Waals surface area contributed by atoms with E-state index in [2.05, 4.69) is 20.8 Å². The Balaban J connectivity index is 1.94. The lowest BCUT2D eigenvalue weighted by Crippen LogP contribution is -2.25. The summed E-state index contributed by atoms with van der Waals surface area (Å²) in [4.78, 5) is 14.3. The SMILES string of the molecule is C/C(=N\NC(=S)Nc1ccc([N+](=O)[O-])cc1)c1ccccn1. The van der Waals surface area contributed by atoms with Gasteiger partial charge >= 0.3 is 0 Å². The highest BCUT2D eigenvalue weighted by molar-refractivity contribution is 7.80. The number of thiocarbonyl (C=S) groups is 1. The van der Waals surface area contributed by atoms with Crippen molar-refractivity contribution in [3.8, 4) is 0 Å². The summed E-state index contributed by atoms with van der Waals surface area (Å²) >= 11 is 5.11. The average molecular weight is 315 g/mol. The van der Waals surface area contributed by atoms with Crippen LogP contribution in [0.25, 0.3) is 0 Å². The van der Waals surface area contributed by atoms with Crippen LogP contribution in [0.4, 0.5) is 11.4 Å². The second-order valence-electron chi connectivity index (χ2n) is 4.28. The summed E-state index contributed by atoms with van der Waals surface area (Å²) < 4.78 is 0. The normalized spacial score (nSPS) is 10.9. The fourth-order valence-corrected chi connectivity index (χ4v) is 1.76. The number of hydrazone groups is 1. The molecule has 0 spiro atoms. The second-order valence-corrected chi connectivity index (χ2v) is 4.69. The molecule has 0 amide bonds. The van der Waals surface area contributed by atoms with Crippen LogP contribution in [0.15, 0.2) is 53.8 Å². The highest BCUT2D eigenvalue weighted by atomic mass is 32.1. The Hall–Kier alpha value is -2.87. The molecule has 1 aromatic carbocycles. The molecule has 0 unspecified atom stereocenters. The van der Waals surface area contributed by atoms with Gasteiger partial charge in [0.2, 0.25) is 0 Å². The van der Waals surface area contributed by atoms with Crippen LogP contribution < -0.4 is 10.7 Å². The molecule has 112 valence electrons. The Morgan fingerprint density at radius 3 is 2.59 bits per heavy atom. The van der Waals surface area contributed by atoms with E-state index in [1.54, 1.807) is 18.3 Å². The fraction of sp³-hybridized carbons (Fsp3) is 0.0714. The van der Waals surface area contributed by atoms with Gasteiger partial charge in [-0.25, -0.2) is 0 Å². The van der Waals surface area contributed by atoms with Gasteiger partial charge in [0, 0.05) is 24.0 Å². The zero-order chi connectivity index (χ0) is 15.9. The van der Waals surface area contributed by atoms with E-state index in [9.17, 15) is 10.1 Å². The number of hydrogen-bond donors (Lipinski definition) is 2. The predicted octanol–water partition coefficient (Wildman–Crippen LogP) is 2.70. The van der Waals surface area contributed by atoms with Gasteiger partial charge in [0.25, 0.3) is 5.69 Å². The first kappa shape index (κ1) is 15.5. The van der Waals surface area contributed by atoms with E-state index in [1.165, 1.54) is 12.1 Å². The van der Waals surface area contributed by atoms with Crippen molar-refractivity contribution < 1.29 is 4.92 Å². The van der Waals surface area contributed by atoms with Crippen LogP contribution in [0.1, 0.15) is 12.6 Å². The van der Waals surface area contributed by atoms with Crippen LogP contribution in [0.3, 0.4) is 0 Å². The summed E-state index contributed by atoms with van der Waals surface area (Å²) in [7, 11) is 0. The summed E-state index contributed by atoms with van der Waals surface area (Å²) in [5.74, 6) is 0. The minimum absolute atomic E-state index is 0.0217. The number of pyridine rings is 1. The largest absolute Gasteiger partial charge is 0.331 e. The van der Waals surface area contributed by atoms with Gasteiger partial charge in [-0.15, -0.1) is 0 Å². The van der Waals surface area contributed by atoms with E-state index < -0.39 is 4.92 Å². The molecule has 0 saturated heterocycles. The second kappa shape index (κ2) is 7.23. The van der Waals surface area contributed by atoms with Crippen LogP contribution in [-0.4, -0.2) is 20.7 Å². The molecular formula is C14H13N5O2S. The molecule has 0 aliphatic rings. The van der Waals surface area contributed by atoms with Crippen LogP contribution >= 0.6 is 12.2 Å². The molecule has 22 heavy (non-hydrogen) atoms. The number of aromatic nitrogens is 1. The van der Waals surface area contributed by atoms with Crippen molar-refractivity contribution in [2.24, 2.45) is 5.10 Å². The van der Waals surface area contributed by atoms with E-state index in [4.69, 9.17) is 12.2 Å². The van der Waals surface area contributed by atoms with E-state index in [0.29, 0.717) is 11.4 Å². The highest BCUT2D eigenvalue weighted by Crippen LogP contribution is 2.15. The maximum absolute atomic E-state index is 10.6. The summed E-state index contributed by atoms with van der Waals surface area (Å²) in [6, 6.07) is 11.5. The van der Waals surface area contributed by atoms with Crippen LogP contribution in [-0.2, 0) is 0 Å². The van der Waals surface area contributed by atoms with E-state index in [0.717, 1.165) is 5.69 Å². The number of anilines is 1. The monoisotopic (exact) mass is 315 g/mol. The number of non-ortho nitro benzene ring substituents is 1. The Morgan fingerprint density at radius 2 is 2.00 bits per heavy atom. The van der Waals surface area contributed by atoms with Crippen molar-refractivity contribution in [2.75, 3.05) is 5.32 Å². The molecule has 2 N–H and O–H groups in total. The van der Waals surface area contributed by atoms with E-state index in [-0.39, 0.29) is 10.8 Å². The molecule has 0 saturated carbocycles. The number of nitrogens with one attached hydrogen (secondary N) is 2. The van der Waals surface area contributed by atoms with Crippen molar-refractivity contribution in [1.29, 1.82) is 0 Å². The molecule has 0 aliphatic carbocycles. The van der Waals surface area contributed by atoms with Gasteiger partial charge in [-0.05, 0) is 43.4 Å². The zero-order valence-electron chi connectivity index (χ0n) is 11.7. The first-order chi connectivity index (χ1) is 10.6. The minimum atomic E-state index is -0.457. The van der Waals surface area contributed by atoms with Gasteiger partial charge in [0.05, 0.1) is 16.3 Å². The smallest absolute Gasteiger partial charge is 0.269 e. The van der Waals surface area contributed by atoms with Crippen LogP contribution in [0.5, 0.6) is 0 Å². The van der Waals surface area contributed by atoms with Crippen molar-refractivity contribution >= 4 is 34.4 Å². The molecule has 1 aromatic heterocycles. The standard InChI is InChI=1S/C14H13N5O2S/c1-10(13-4-2-3-9-15-13)17-18-14(22)16-11-5-7-12(8-6-11)19(20)21/h2-9H,1H3,(H2,16,18,22)/b17-10+. The number of nitrogens with zero attached hydrogens (tertiary/aromatic N) is 3. The molecule has 0 radical (unpaired) electrons. The molecule has 0 fully saturated rings. The lowest BCUT2D eigenvalue weighted by molar-refractivity contribution is -0.384. The first-order valence-corrected chi connectivity index (χ1v) is 6.74. The van der Waals surface area contributed by atoms with Crippen molar-refractivity contribution in [3.05, 3.63) is 64.5 Å². The molecular weight excluding hydrogens is 302 g/mol. The summed E-state index contributed by atoms with van der Waals surface area (Å²) in [5.41, 5.74) is 4.79. The van der Waals surface area contributed by atoms with Crippen molar-refractivity contribution in [3.63, 3.8) is 0 Å². The lowest BCUT2D eigenvalue weighted by Gasteiger charge is -2.07. The molecule has 0 bridgehead atoms. The zero-order valence-corrected chi connectivity index (χ0v) is 12.5. The van der Waals surface area contributed by atoms with Gasteiger partial charge in [-0.2, -0.15) is 5.10 Å². The quantitative estimate of drug-likeness (QED) is 0.390. The van der Waals surface area contributed by atoms with Crippen molar-refractivity contribution in [2.45, 2.75) is 6.92 Å². The molecule has 7 nitrogen and oxygen atoms in total. The number of nitro benzene ring substituents is 1. The number of nitro groups is 1. The van der Waals surface area contributed by atoms with E-state index >= 15 is 0 Å². The number of rotatable bonds is 4. The molecule has 0 aliphatic heterocycles. The Morgan fingerprint density at radius 1 is 1.27 bits per heavy atom. The maximum Gasteiger partial charge on any atom is 0.269 e. The fourth-order valence-electron chi connectivity index (χ4n) is 1.59. The summed E-state index contributed by atoms with van der Waals surface area (Å²) in [6.07, 6.45) is 1.68. The predicted molar refractivity (Wildman–Crippen MR) is 88.9 cm³/mol. The van der Waals surface area contributed by atoms with Gasteiger partial charge in [0.15, 0.2) is 5.11 Å². The third kappa shape index (κ3) is 4.32. The van der Waals surface area contributed by atoms with Crippen LogP contribution in [0.2, 0.25) is 0 Å². The highest BCUT2D eigenvalue weighted by Gasteiger charge is 2.04. The average Bonchev–Trinajstić information content (AvgIpc) is 2.54. The van der Waals surface area contributed by atoms with Crippen LogP contribution in [0, 0.1) is 10.1 Å². The van der Waals surface area contributed by atoms with Gasteiger partial charge in [0.1, 0.15) is 0 Å². The molecule has 2 rings (SSSR count). The molecule has 8 heteroatoms. The summed E-state index contributed by atoms with van der Waals surface area (Å²) in [5, 5.41) is 17.9. The van der Waals surface area contributed by atoms with Crippen molar-refractivity contribution in [1.82, 2.24) is 10.4 Å². The van der Waals surface area contributed by atoms with E-state index in [1.807, 2.05) is 25.1 Å². The first-order valence-electron chi connectivity index (χ1n) is 6.33. The Kier molecular flexibility index (Phi) is 5.10. The van der Waals surface area contributed by atoms with Gasteiger partial charge < -0.3 is 5.32 Å². The molecule has 2 aromatic rings. The lowest BCUT2D eigenvalue weighted by atomic mass is 10.3. The topological polar surface area (TPSA) is 92.5 Å². The summed E-state index contributed by atoms with van der Waals surface area (Å²) in [6.45, 7) is 1.81.